The van der Waals surface area contributed by atoms with E-state index < -0.39 is 0 Å². The van der Waals surface area contributed by atoms with E-state index >= 15 is 0 Å². The molecule has 0 bridgehead atoms. The van der Waals surface area contributed by atoms with Crippen LogP contribution >= 0.6 is 23.2 Å². The zero-order valence-corrected chi connectivity index (χ0v) is 14.8. The molecule has 1 aliphatic rings. The molecule has 4 nitrogen and oxygen atoms in total. The molecule has 0 amide bonds. The third-order valence-electron chi connectivity index (χ3n) is 3.85. The van der Waals surface area contributed by atoms with Gasteiger partial charge in [0.15, 0.2) is 0 Å². The fourth-order valence-electron chi connectivity index (χ4n) is 2.55. The predicted octanol–water partition coefficient (Wildman–Crippen LogP) is 4.59. The molecule has 24 heavy (non-hydrogen) atoms. The lowest BCUT2D eigenvalue weighted by Gasteiger charge is -2.29. The number of benzene rings is 2. The quantitative estimate of drug-likeness (QED) is 0.744. The van der Waals surface area contributed by atoms with Gasteiger partial charge in [-0.2, -0.15) is 0 Å². The molecule has 1 saturated heterocycles. The molecule has 0 aliphatic carbocycles. The number of aliphatic imine (C=N–C) groups is 1. The van der Waals surface area contributed by atoms with Crippen molar-refractivity contribution in [2.45, 2.75) is 0 Å². The maximum Gasteiger partial charge on any atom is 0.129 e. The first-order valence-electron chi connectivity index (χ1n) is 7.67. The number of morpholine rings is 1. The van der Waals surface area contributed by atoms with Crippen LogP contribution in [0.3, 0.4) is 0 Å². The van der Waals surface area contributed by atoms with Crippen molar-refractivity contribution in [2.75, 3.05) is 38.3 Å². The normalized spacial score (nSPS) is 15.0. The maximum atomic E-state index is 6.15. The molecule has 2 aromatic carbocycles. The van der Waals surface area contributed by atoms with Gasteiger partial charge in [0.2, 0.25) is 0 Å². The summed E-state index contributed by atoms with van der Waals surface area (Å²) in [6.45, 7) is 3.27. The van der Waals surface area contributed by atoms with Crippen LogP contribution in [-0.4, -0.2) is 39.6 Å². The number of halogens is 2. The van der Waals surface area contributed by atoms with Crippen LogP contribution in [0.5, 0.6) is 5.75 Å². The Kier molecular flexibility index (Phi) is 5.61. The summed E-state index contributed by atoms with van der Waals surface area (Å²) in [6.07, 6.45) is 1.75. The van der Waals surface area contributed by atoms with Crippen LogP contribution in [0.4, 0.5) is 11.4 Å². The van der Waals surface area contributed by atoms with Gasteiger partial charge in [0.1, 0.15) is 5.75 Å². The number of nitrogens with zero attached hydrogens (tertiary/aromatic N) is 2. The molecule has 126 valence electrons. The van der Waals surface area contributed by atoms with Crippen molar-refractivity contribution >= 4 is 40.8 Å². The molecule has 1 fully saturated rings. The molecule has 1 heterocycles. The summed E-state index contributed by atoms with van der Waals surface area (Å²) in [6, 6.07) is 11.3. The molecule has 0 saturated carbocycles. The lowest BCUT2D eigenvalue weighted by molar-refractivity contribution is 0.122. The first-order chi connectivity index (χ1) is 11.7. The Morgan fingerprint density at radius 2 is 1.92 bits per heavy atom. The van der Waals surface area contributed by atoms with Crippen LogP contribution in [-0.2, 0) is 4.74 Å². The van der Waals surface area contributed by atoms with Crippen LogP contribution in [0.1, 0.15) is 5.56 Å². The Morgan fingerprint density at radius 1 is 1.12 bits per heavy atom. The van der Waals surface area contributed by atoms with E-state index in [1.165, 1.54) is 0 Å². The number of hydrogen-bond donors (Lipinski definition) is 0. The molecule has 1 aliphatic heterocycles. The molecule has 0 atom stereocenters. The van der Waals surface area contributed by atoms with Gasteiger partial charge in [-0.05, 0) is 30.3 Å². The summed E-state index contributed by atoms with van der Waals surface area (Å²) in [4.78, 5) is 6.72. The molecule has 0 aromatic heterocycles. The van der Waals surface area contributed by atoms with E-state index in [4.69, 9.17) is 32.7 Å². The van der Waals surface area contributed by atoms with Crippen molar-refractivity contribution in [1.82, 2.24) is 0 Å². The van der Waals surface area contributed by atoms with Crippen molar-refractivity contribution in [3.05, 3.63) is 52.0 Å². The first-order valence-corrected chi connectivity index (χ1v) is 8.43. The first kappa shape index (κ1) is 17.1. The second kappa shape index (κ2) is 7.88. The predicted molar refractivity (Wildman–Crippen MR) is 99.7 cm³/mol. The Balaban J connectivity index is 1.83. The van der Waals surface area contributed by atoms with Crippen LogP contribution in [0.15, 0.2) is 41.4 Å². The largest absolute Gasteiger partial charge is 0.496 e. The molecule has 0 radical (unpaired) electrons. The fraction of sp³-hybridized carbons (Fsp3) is 0.278. The van der Waals surface area contributed by atoms with E-state index in [1.54, 1.807) is 31.5 Å². The highest BCUT2D eigenvalue weighted by Gasteiger charge is 2.13. The molecule has 6 heteroatoms. The lowest BCUT2D eigenvalue weighted by atomic mass is 10.1. The minimum Gasteiger partial charge on any atom is -0.496 e. The van der Waals surface area contributed by atoms with Crippen LogP contribution in [0.25, 0.3) is 0 Å². The Labute approximate surface area is 151 Å². The molecule has 0 N–H and O–H groups in total. The van der Waals surface area contributed by atoms with E-state index in [-0.39, 0.29) is 0 Å². The zero-order valence-electron chi connectivity index (χ0n) is 13.3. The van der Waals surface area contributed by atoms with Gasteiger partial charge in [-0.3, -0.25) is 4.99 Å². The van der Waals surface area contributed by atoms with Gasteiger partial charge in [0, 0.05) is 41.6 Å². The van der Waals surface area contributed by atoms with E-state index in [2.05, 4.69) is 16.0 Å². The number of ether oxygens (including phenoxy) is 2. The summed E-state index contributed by atoms with van der Waals surface area (Å²) < 4.78 is 10.9. The Morgan fingerprint density at radius 3 is 2.62 bits per heavy atom. The second-order valence-corrected chi connectivity index (χ2v) is 6.22. The summed E-state index contributed by atoms with van der Waals surface area (Å²) in [5.74, 6) is 0.771. The van der Waals surface area contributed by atoms with Crippen molar-refractivity contribution in [3.8, 4) is 5.75 Å². The average molecular weight is 365 g/mol. The average Bonchev–Trinajstić information content (AvgIpc) is 2.61. The van der Waals surface area contributed by atoms with Gasteiger partial charge < -0.3 is 14.4 Å². The number of rotatable bonds is 4. The summed E-state index contributed by atoms with van der Waals surface area (Å²) in [7, 11) is 1.66. The molecule has 0 unspecified atom stereocenters. The minimum absolute atomic E-state index is 0.516. The zero-order chi connectivity index (χ0) is 16.9. The Bertz CT molecular complexity index is 744. The van der Waals surface area contributed by atoms with Crippen LogP contribution in [0.2, 0.25) is 10.0 Å². The molecule has 2 aromatic rings. The number of anilines is 1. The van der Waals surface area contributed by atoms with Crippen molar-refractivity contribution in [2.24, 2.45) is 4.99 Å². The van der Waals surface area contributed by atoms with Crippen molar-refractivity contribution in [1.29, 1.82) is 0 Å². The van der Waals surface area contributed by atoms with Crippen LogP contribution in [0, 0.1) is 0 Å². The number of hydrogen-bond acceptors (Lipinski definition) is 4. The maximum absolute atomic E-state index is 6.15. The van der Waals surface area contributed by atoms with Gasteiger partial charge in [-0.1, -0.05) is 23.2 Å². The van der Waals surface area contributed by atoms with Gasteiger partial charge in [-0.15, -0.1) is 0 Å². The highest BCUT2D eigenvalue weighted by atomic mass is 35.5. The standard InChI is InChI=1S/C18H18Cl2N2O2/c1-23-18-11-15(22-6-8-24-9-7-22)4-2-13(18)12-21-17-5-3-14(19)10-16(17)20/h2-5,10-12H,6-9H2,1H3. The van der Waals surface area contributed by atoms with E-state index in [0.717, 1.165) is 43.3 Å². The number of methoxy groups -OCH3 is 1. The second-order valence-electron chi connectivity index (χ2n) is 5.38. The van der Waals surface area contributed by atoms with Crippen molar-refractivity contribution < 1.29 is 9.47 Å². The van der Waals surface area contributed by atoms with Gasteiger partial charge >= 0.3 is 0 Å². The molecular formula is C18H18Cl2N2O2. The van der Waals surface area contributed by atoms with E-state index in [9.17, 15) is 0 Å². The Hall–Kier alpha value is -1.75. The molecule has 0 spiro atoms. The summed E-state index contributed by atoms with van der Waals surface area (Å²) >= 11 is 12.1. The minimum atomic E-state index is 0.516. The SMILES string of the molecule is COc1cc(N2CCOCC2)ccc1C=Nc1ccc(Cl)cc1Cl. The topological polar surface area (TPSA) is 34.1 Å². The molecular weight excluding hydrogens is 347 g/mol. The summed E-state index contributed by atoms with van der Waals surface area (Å²) in [5.41, 5.74) is 2.68. The van der Waals surface area contributed by atoms with Gasteiger partial charge in [0.25, 0.3) is 0 Å². The van der Waals surface area contributed by atoms with Crippen molar-refractivity contribution in [3.63, 3.8) is 0 Å². The summed E-state index contributed by atoms with van der Waals surface area (Å²) in [5, 5.41) is 1.11. The third kappa shape index (κ3) is 4.01. The van der Waals surface area contributed by atoms with Gasteiger partial charge in [-0.25, -0.2) is 0 Å². The third-order valence-corrected chi connectivity index (χ3v) is 4.38. The van der Waals surface area contributed by atoms with Crippen LogP contribution < -0.4 is 9.64 Å². The smallest absolute Gasteiger partial charge is 0.129 e. The lowest BCUT2D eigenvalue weighted by Crippen LogP contribution is -2.36. The fourth-order valence-corrected chi connectivity index (χ4v) is 3.01. The molecule has 3 rings (SSSR count). The van der Waals surface area contributed by atoms with E-state index in [1.807, 2.05) is 12.1 Å². The highest BCUT2D eigenvalue weighted by Crippen LogP contribution is 2.29. The monoisotopic (exact) mass is 364 g/mol. The highest BCUT2D eigenvalue weighted by molar-refractivity contribution is 6.36. The van der Waals surface area contributed by atoms with E-state index in [0.29, 0.717) is 15.7 Å². The van der Waals surface area contributed by atoms with Gasteiger partial charge in [0.05, 0.1) is 31.0 Å².